The van der Waals surface area contributed by atoms with Gasteiger partial charge >= 0.3 is 0 Å². The van der Waals surface area contributed by atoms with Crippen molar-refractivity contribution in [2.24, 2.45) is 0 Å². The first-order chi connectivity index (χ1) is 22.8. The zero-order chi connectivity index (χ0) is 33.1. The Bertz CT molecular complexity index is 1930. The number of halogens is 3. The average molecular weight is 709 g/mol. The lowest BCUT2D eigenvalue weighted by atomic mass is 9.89. The number of nitrogens with one attached hydrogen (secondary N) is 1. The molecule has 1 fully saturated rings. The second-order valence-corrected chi connectivity index (χ2v) is 13.6. The van der Waals surface area contributed by atoms with Gasteiger partial charge in [-0.3, -0.25) is 14.6 Å². The fourth-order valence-corrected chi connectivity index (χ4v) is 8.07. The van der Waals surface area contributed by atoms with Gasteiger partial charge in [-0.2, -0.15) is 0 Å². The van der Waals surface area contributed by atoms with Gasteiger partial charge in [0.2, 0.25) is 0 Å². The van der Waals surface area contributed by atoms with Crippen molar-refractivity contribution in [1.82, 2.24) is 15.2 Å². The van der Waals surface area contributed by atoms with Crippen molar-refractivity contribution in [3.05, 3.63) is 110 Å². The van der Waals surface area contributed by atoms with E-state index in [9.17, 15) is 9.59 Å². The number of hydrogen-bond acceptors (Lipinski definition) is 6. The van der Waals surface area contributed by atoms with E-state index in [1.54, 1.807) is 56.9 Å². The number of pyridine rings is 1. The molecule has 0 bridgehead atoms. The van der Waals surface area contributed by atoms with Crippen LogP contribution in [0.4, 0.5) is 0 Å². The summed E-state index contributed by atoms with van der Waals surface area (Å²) in [5, 5.41) is 5.05. The number of fused-ring (bicyclic) bond motifs is 1. The zero-order valence-electron chi connectivity index (χ0n) is 25.8. The Labute approximate surface area is 292 Å². The van der Waals surface area contributed by atoms with E-state index in [1.807, 2.05) is 35.2 Å². The number of ether oxygens (including phenoxy) is 2. The number of methoxy groups -OCH3 is 2. The topological polar surface area (TPSA) is 80.8 Å². The van der Waals surface area contributed by atoms with Crippen LogP contribution in [0, 0.1) is 0 Å². The number of aromatic nitrogens is 1. The summed E-state index contributed by atoms with van der Waals surface area (Å²) in [5.41, 5.74) is 3.58. The number of carbonyl (C=O) groups is 2. The van der Waals surface area contributed by atoms with Crippen LogP contribution in [0.25, 0.3) is 21.2 Å². The molecule has 47 heavy (non-hydrogen) atoms. The Morgan fingerprint density at radius 1 is 0.872 bits per heavy atom. The molecule has 242 valence electrons. The van der Waals surface area contributed by atoms with Crippen LogP contribution in [-0.4, -0.2) is 48.0 Å². The third-order valence-corrected chi connectivity index (χ3v) is 11.2. The van der Waals surface area contributed by atoms with Crippen molar-refractivity contribution in [3.63, 3.8) is 0 Å². The summed E-state index contributed by atoms with van der Waals surface area (Å²) >= 11 is 20.9. The summed E-state index contributed by atoms with van der Waals surface area (Å²) in [6.07, 6.45) is 6.38. The number of carbonyl (C=O) groups excluding carboxylic acids is 2. The van der Waals surface area contributed by atoms with Crippen LogP contribution >= 0.6 is 46.1 Å². The minimum Gasteiger partial charge on any atom is -0.493 e. The highest BCUT2D eigenvalue weighted by Crippen LogP contribution is 2.43. The third kappa shape index (κ3) is 7.06. The zero-order valence-corrected chi connectivity index (χ0v) is 28.8. The van der Waals surface area contributed by atoms with Crippen molar-refractivity contribution in [1.29, 1.82) is 0 Å². The van der Waals surface area contributed by atoms with Crippen LogP contribution in [0.5, 0.6) is 11.5 Å². The SMILES string of the molecule is COc1ccc(C(=O)NC2CCC(N(Cc3cccc(-c4ccncc4)c3)C(=O)c3sc4c(Cl)c(Cl)ccc4c3Cl)CC2)cc1OC. The second-order valence-electron chi connectivity index (χ2n) is 11.4. The number of benzene rings is 3. The van der Waals surface area contributed by atoms with Gasteiger partial charge in [-0.05, 0) is 84.8 Å². The van der Waals surface area contributed by atoms with Gasteiger partial charge in [0.05, 0.1) is 34.0 Å². The maximum absolute atomic E-state index is 14.4. The molecule has 3 aromatic carbocycles. The van der Waals surface area contributed by atoms with Crippen molar-refractivity contribution in [3.8, 4) is 22.6 Å². The average Bonchev–Trinajstić information content (AvgIpc) is 3.45. The largest absolute Gasteiger partial charge is 0.493 e. The number of rotatable bonds is 9. The number of nitrogens with zero attached hydrogens (tertiary/aromatic N) is 2. The lowest BCUT2D eigenvalue weighted by Gasteiger charge is -2.37. The van der Waals surface area contributed by atoms with E-state index in [4.69, 9.17) is 44.3 Å². The summed E-state index contributed by atoms with van der Waals surface area (Å²) in [7, 11) is 3.10. The van der Waals surface area contributed by atoms with Gasteiger partial charge < -0.3 is 19.7 Å². The van der Waals surface area contributed by atoms with Crippen LogP contribution in [0.1, 0.15) is 51.3 Å². The molecule has 7 nitrogen and oxygen atoms in total. The maximum Gasteiger partial charge on any atom is 0.266 e. The molecule has 1 aliphatic carbocycles. The van der Waals surface area contributed by atoms with Crippen molar-refractivity contribution in [2.75, 3.05) is 14.2 Å². The van der Waals surface area contributed by atoms with Gasteiger partial charge in [0, 0.05) is 42.0 Å². The Hall–Kier alpha value is -3.82. The lowest BCUT2D eigenvalue weighted by Crippen LogP contribution is -2.45. The van der Waals surface area contributed by atoms with Crippen LogP contribution in [0.3, 0.4) is 0 Å². The molecule has 0 spiro atoms. The Kier molecular flexibility index (Phi) is 10.2. The van der Waals surface area contributed by atoms with E-state index in [0.717, 1.165) is 16.7 Å². The molecule has 0 unspecified atom stereocenters. The van der Waals surface area contributed by atoms with Crippen molar-refractivity contribution < 1.29 is 19.1 Å². The molecule has 1 aliphatic rings. The van der Waals surface area contributed by atoms with Gasteiger partial charge in [-0.15, -0.1) is 11.3 Å². The second kappa shape index (κ2) is 14.5. The molecule has 5 aromatic rings. The minimum atomic E-state index is -0.178. The summed E-state index contributed by atoms with van der Waals surface area (Å²) in [4.78, 5) is 34.1. The Balaban J connectivity index is 1.24. The molecular weight excluding hydrogens is 677 g/mol. The monoisotopic (exact) mass is 707 g/mol. The highest BCUT2D eigenvalue weighted by atomic mass is 35.5. The maximum atomic E-state index is 14.4. The Morgan fingerprint density at radius 3 is 2.34 bits per heavy atom. The summed E-state index contributed by atoms with van der Waals surface area (Å²) in [5.74, 6) is 0.720. The first-order valence-corrected chi connectivity index (χ1v) is 17.1. The van der Waals surface area contributed by atoms with Crippen molar-refractivity contribution >= 4 is 68.0 Å². The van der Waals surface area contributed by atoms with Gasteiger partial charge in [0.1, 0.15) is 4.88 Å². The predicted octanol–water partition coefficient (Wildman–Crippen LogP) is 9.32. The molecule has 0 atom stereocenters. The normalized spacial score (nSPS) is 16.1. The fraction of sp³-hybridized carbons (Fsp3) is 0.250. The molecule has 2 amide bonds. The standard InChI is InChI=1S/C36H32Cl3N3O4S/c1-45-29-13-6-24(19-30(29)46-2)35(43)41-25-7-9-26(10-8-25)42(20-21-4-3-5-23(18-21)22-14-16-40-17-15-22)36(44)34-31(38)27-11-12-28(37)32(39)33(27)47-34/h3-6,11-19,25-26H,7-10,20H2,1-2H3,(H,41,43). The van der Waals surface area contributed by atoms with Crippen LogP contribution < -0.4 is 14.8 Å². The fourth-order valence-electron chi connectivity index (χ4n) is 6.08. The van der Waals surface area contributed by atoms with E-state index in [1.165, 1.54) is 11.3 Å². The third-order valence-electron chi connectivity index (χ3n) is 8.56. The summed E-state index contributed by atoms with van der Waals surface area (Å²) < 4.78 is 11.4. The lowest BCUT2D eigenvalue weighted by molar-refractivity contribution is 0.0597. The molecule has 6 rings (SSSR count). The van der Waals surface area contributed by atoms with E-state index < -0.39 is 0 Å². The smallest absolute Gasteiger partial charge is 0.266 e. The molecular formula is C36H32Cl3N3O4S. The van der Waals surface area contributed by atoms with Gasteiger partial charge in [-0.25, -0.2) is 0 Å². The number of amides is 2. The van der Waals surface area contributed by atoms with E-state index in [0.29, 0.717) is 79.3 Å². The van der Waals surface area contributed by atoms with E-state index >= 15 is 0 Å². The molecule has 11 heteroatoms. The summed E-state index contributed by atoms with van der Waals surface area (Å²) in [6, 6.07) is 20.6. The van der Waals surface area contributed by atoms with Gasteiger partial charge in [0.15, 0.2) is 11.5 Å². The first-order valence-electron chi connectivity index (χ1n) is 15.2. The van der Waals surface area contributed by atoms with Gasteiger partial charge in [-0.1, -0.05) is 59.1 Å². The van der Waals surface area contributed by atoms with E-state index in [-0.39, 0.29) is 23.9 Å². The first kappa shape index (κ1) is 33.1. The Morgan fingerprint density at radius 2 is 1.62 bits per heavy atom. The highest BCUT2D eigenvalue weighted by Gasteiger charge is 2.33. The predicted molar refractivity (Wildman–Crippen MR) is 189 cm³/mol. The van der Waals surface area contributed by atoms with Crippen LogP contribution in [-0.2, 0) is 6.54 Å². The highest BCUT2D eigenvalue weighted by molar-refractivity contribution is 7.22. The van der Waals surface area contributed by atoms with E-state index in [2.05, 4.69) is 16.4 Å². The minimum absolute atomic E-state index is 0.0346. The van der Waals surface area contributed by atoms with Crippen LogP contribution in [0.2, 0.25) is 15.1 Å². The van der Waals surface area contributed by atoms with Gasteiger partial charge in [0.25, 0.3) is 11.8 Å². The number of hydrogen-bond donors (Lipinski definition) is 1. The molecule has 0 saturated heterocycles. The van der Waals surface area contributed by atoms with Crippen LogP contribution in [0.15, 0.2) is 79.1 Å². The summed E-state index contributed by atoms with van der Waals surface area (Å²) in [6.45, 7) is 0.393. The van der Waals surface area contributed by atoms with Crippen molar-refractivity contribution in [2.45, 2.75) is 44.3 Å². The molecule has 2 aromatic heterocycles. The molecule has 0 aliphatic heterocycles. The molecule has 2 heterocycles. The quantitative estimate of drug-likeness (QED) is 0.165. The molecule has 0 radical (unpaired) electrons. The molecule has 1 saturated carbocycles. The number of thiophene rings is 1. The molecule has 1 N–H and O–H groups in total.